The van der Waals surface area contributed by atoms with Crippen LogP contribution in [0, 0.1) is 0 Å². The Morgan fingerprint density at radius 1 is 1.29 bits per heavy atom. The SMILES string of the molecule is CCN(CC)c1ncc(CNC2CCN3CCCCC23)s1. The summed E-state index contributed by atoms with van der Waals surface area (Å²) in [5, 5.41) is 4.96. The quantitative estimate of drug-likeness (QED) is 0.875. The molecule has 1 N–H and O–H groups in total. The van der Waals surface area contributed by atoms with E-state index in [-0.39, 0.29) is 0 Å². The summed E-state index contributed by atoms with van der Waals surface area (Å²) in [6, 6.07) is 1.47. The zero-order valence-corrected chi connectivity index (χ0v) is 14.2. The van der Waals surface area contributed by atoms with Crippen molar-refractivity contribution < 1.29 is 0 Å². The van der Waals surface area contributed by atoms with Crippen molar-refractivity contribution in [3.8, 4) is 0 Å². The van der Waals surface area contributed by atoms with E-state index in [0.29, 0.717) is 6.04 Å². The molecule has 0 amide bonds. The summed E-state index contributed by atoms with van der Waals surface area (Å²) in [6.45, 7) is 10.0. The second kappa shape index (κ2) is 7.07. The number of nitrogens with zero attached hydrogens (tertiary/aromatic N) is 3. The van der Waals surface area contributed by atoms with Gasteiger partial charge < -0.3 is 10.2 Å². The maximum absolute atomic E-state index is 4.58. The molecule has 2 fully saturated rings. The van der Waals surface area contributed by atoms with E-state index < -0.39 is 0 Å². The number of rotatable bonds is 6. The van der Waals surface area contributed by atoms with E-state index in [4.69, 9.17) is 0 Å². The van der Waals surface area contributed by atoms with Crippen molar-refractivity contribution >= 4 is 16.5 Å². The van der Waals surface area contributed by atoms with Gasteiger partial charge in [-0.15, -0.1) is 11.3 Å². The molecule has 0 aromatic carbocycles. The molecule has 2 saturated heterocycles. The van der Waals surface area contributed by atoms with Crippen LogP contribution in [0.15, 0.2) is 6.20 Å². The van der Waals surface area contributed by atoms with Gasteiger partial charge in [-0.3, -0.25) is 4.90 Å². The minimum atomic E-state index is 0.685. The minimum Gasteiger partial charge on any atom is -0.349 e. The van der Waals surface area contributed by atoms with Gasteiger partial charge in [0.1, 0.15) is 0 Å². The van der Waals surface area contributed by atoms with Gasteiger partial charge in [0.05, 0.1) is 0 Å². The van der Waals surface area contributed by atoms with Crippen LogP contribution in [0.25, 0.3) is 0 Å². The number of hydrogen-bond acceptors (Lipinski definition) is 5. The second-order valence-electron chi connectivity index (χ2n) is 6.16. The summed E-state index contributed by atoms with van der Waals surface area (Å²) in [7, 11) is 0. The summed E-state index contributed by atoms with van der Waals surface area (Å²) in [5.41, 5.74) is 0. The molecule has 1 aromatic rings. The van der Waals surface area contributed by atoms with Gasteiger partial charge in [-0.25, -0.2) is 4.98 Å². The molecule has 3 rings (SSSR count). The predicted octanol–water partition coefficient (Wildman–Crippen LogP) is 2.71. The van der Waals surface area contributed by atoms with Crippen LogP contribution in [0.4, 0.5) is 5.13 Å². The van der Waals surface area contributed by atoms with E-state index in [9.17, 15) is 0 Å². The molecular weight excluding hydrogens is 280 g/mol. The molecule has 2 atom stereocenters. The van der Waals surface area contributed by atoms with Gasteiger partial charge in [-0.05, 0) is 39.7 Å². The number of hydrogen-bond donors (Lipinski definition) is 1. The number of aromatic nitrogens is 1. The smallest absolute Gasteiger partial charge is 0.185 e. The first-order valence-corrected chi connectivity index (χ1v) is 9.30. The van der Waals surface area contributed by atoms with Gasteiger partial charge in [0.15, 0.2) is 5.13 Å². The number of nitrogens with one attached hydrogen (secondary N) is 1. The molecule has 0 spiro atoms. The molecule has 1 aromatic heterocycles. The molecule has 0 saturated carbocycles. The first-order valence-electron chi connectivity index (χ1n) is 8.49. The van der Waals surface area contributed by atoms with E-state index in [2.05, 4.69) is 40.1 Å². The highest BCUT2D eigenvalue weighted by Gasteiger charge is 2.34. The maximum Gasteiger partial charge on any atom is 0.185 e. The molecule has 0 radical (unpaired) electrons. The largest absolute Gasteiger partial charge is 0.349 e. The third kappa shape index (κ3) is 3.41. The fourth-order valence-electron chi connectivity index (χ4n) is 3.74. The monoisotopic (exact) mass is 308 g/mol. The molecule has 2 aliphatic rings. The first kappa shape index (κ1) is 15.3. The number of anilines is 1. The van der Waals surface area contributed by atoms with Crippen LogP contribution >= 0.6 is 11.3 Å². The molecule has 2 aliphatic heterocycles. The molecule has 21 heavy (non-hydrogen) atoms. The van der Waals surface area contributed by atoms with Gasteiger partial charge >= 0.3 is 0 Å². The highest BCUT2D eigenvalue weighted by Crippen LogP contribution is 2.28. The lowest BCUT2D eigenvalue weighted by Crippen LogP contribution is -2.44. The van der Waals surface area contributed by atoms with E-state index >= 15 is 0 Å². The molecule has 0 bridgehead atoms. The van der Waals surface area contributed by atoms with Gasteiger partial charge in [-0.1, -0.05) is 6.42 Å². The van der Waals surface area contributed by atoms with Crippen LogP contribution < -0.4 is 10.2 Å². The number of fused-ring (bicyclic) bond motifs is 1. The van der Waals surface area contributed by atoms with Crippen molar-refractivity contribution in [1.82, 2.24) is 15.2 Å². The molecule has 2 unspecified atom stereocenters. The summed E-state index contributed by atoms with van der Waals surface area (Å²) >= 11 is 1.84. The van der Waals surface area contributed by atoms with Crippen molar-refractivity contribution in [1.29, 1.82) is 0 Å². The zero-order valence-electron chi connectivity index (χ0n) is 13.3. The lowest BCUT2D eigenvalue weighted by Gasteiger charge is -2.32. The van der Waals surface area contributed by atoms with E-state index in [1.165, 1.54) is 48.8 Å². The Labute approximate surface area is 132 Å². The maximum atomic E-state index is 4.58. The van der Waals surface area contributed by atoms with Crippen molar-refractivity contribution in [2.75, 3.05) is 31.1 Å². The molecule has 3 heterocycles. The van der Waals surface area contributed by atoms with Gasteiger partial charge in [0.25, 0.3) is 0 Å². The second-order valence-corrected chi connectivity index (χ2v) is 7.25. The van der Waals surface area contributed by atoms with E-state index in [0.717, 1.165) is 25.7 Å². The third-order valence-electron chi connectivity index (χ3n) is 4.97. The Kier molecular flexibility index (Phi) is 5.14. The fourth-order valence-corrected chi connectivity index (χ4v) is 4.72. The Morgan fingerprint density at radius 2 is 2.14 bits per heavy atom. The average molecular weight is 308 g/mol. The summed E-state index contributed by atoms with van der Waals surface area (Å²) in [4.78, 5) is 11.0. The highest BCUT2D eigenvalue weighted by molar-refractivity contribution is 7.15. The van der Waals surface area contributed by atoms with Crippen molar-refractivity contribution in [3.63, 3.8) is 0 Å². The molecule has 118 valence electrons. The normalized spacial score (nSPS) is 26.0. The summed E-state index contributed by atoms with van der Waals surface area (Å²) < 4.78 is 0. The predicted molar refractivity (Wildman–Crippen MR) is 90.1 cm³/mol. The fraction of sp³-hybridized carbons (Fsp3) is 0.812. The lowest BCUT2D eigenvalue weighted by atomic mass is 9.99. The first-order chi connectivity index (χ1) is 10.3. The van der Waals surface area contributed by atoms with Crippen molar-refractivity contribution in [2.45, 2.75) is 58.2 Å². The van der Waals surface area contributed by atoms with Crippen LogP contribution in [0.3, 0.4) is 0 Å². The average Bonchev–Trinajstić information content (AvgIpc) is 3.13. The van der Waals surface area contributed by atoms with Crippen LogP contribution in [-0.2, 0) is 6.54 Å². The number of thiazole rings is 1. The van der Waals surface area contributed by atoms with Gasteiger partial charge in [0, 0.05) is 49.3 Å². The zero-order chi connectivity index (χ0) is 14.7. The topological polar surface area (TPSA) is 31.4 Å². The molecule has 5 heteroatoms. The Morgan fingerprint density at radius 3 is 2.95 bits per heavy atom. The molecule has 4 nitrogen and oxygen atoms in total. The Hall–Kier alpha value is -0.650. The van der Waals surface area contributed by atoms with E-state index in [1.54, 1.807) is 0 Å². The Bertz CT molecular complexity index is 443. The van der Waals surface area contributed by atoms with Crippen molar-refractivity contribution in [3.05, 3.63) is 11.1 Å². The van der Waals surface area contributed by atoms with Gasteiger partial charge in [0.2, 0.25) is 0 Å². The minimum absolute atomic E-state index is 0.685. The molecule has 0 aliphatic carbocycles. The van der Waals surface area contributed by atoms with Crippen LogP contribution in [0.2, 0.25) is 0 Å². The highest BCUT2D eigenvalue weighted by atomic mass is 32.1. The van der Waals surface area contributed by atoms with Crippen LogP contribution in [0.1, 0.15) is 44.4 Å². The van der Waals surface area contributed by atoms with Crippen LogP contribution in [-0.4, -0.2) is 48.1 Å². The lowest BCUT2D eigenvalue weighted by molar-refractivity contribution is 0.180. The Balaban J connectivity index is 1.53. The summed E-state index contributed by atoms with van der Waals surface area (Å²) in [6.07, 6.45) is 7.55. The van der Waals surface area contributed by atoms with E-state index in [1.807, 2.05) is 11.3 Å². The number of piperidine rings is 1. The summed E-state index contributed by atoms with van der Waals surface area (Å²) in [5.74, 6) is 0. The third-order valence-corrected chi connectivity index (χ3v) is 6.03. The van der Waals surface area contributed by atoms with Crippen LogP contribution in [0.5, 0.6) is 0 Å². The van der Waals surface area contributed by atoms with Crippen molar-refractivity contribution in [2.24, 2.45) is 0 Å². The molecular formula is C16H28N4S. The standard InChI is InChI=1S/C16H28N4S/c1-3-19(4-2)16-18-12-13(21-16)11-17-14-8-10-20-9-6-5-7-15(14)20/h12,14-15,17H,3-11H2,1-2H3. The van der Waals surface area contributed by atoms with Gasteiger partial charge in [-0.2, -0.15) is 0 Å².